The summed E-state index contributed by atoms with van der Waals surface area (Å²) in [7, 11) is 0. The molecule has 130 valence electrons. The zero-order chi connectivity index (χ0) is 17.6. The summed E-state index contributed by atoms with van der Waals surface area (Å²) in [6.07, 6.45) is 0.847. The van der Waals surface area contributed by atoms with E-state index in [0.29, 0.717) is 30.8 Å². The summed E-state index contributed by atoms with van der Waals surface area (Å²) < 4.78 is 15.9. The summed E-state index contributed by atoms with van der Waals surface area (Å²) in [5.41, 5.74) is 4.63. The maximum absolute atomic E-state index is 14.6. The van der Waals surface area contributed by atoms with Crippen LogP contribution in [0.1, 0.15) is 20.3 Å². The van der Waals surface area contributed by atoms with E-state index in [2.05, 4.69) is 6.92 Å². The van der Waals surface area contributed by atoms with Gasteiger partial charge in [0.1, 0.15) is 5.82 Å². The van der Waals surface area contributed by atoms with Crippen molar-refractivity contribution in [3.8, 4) is 0 Å². The van der Waals surface area contributed by atoms with E-state index < -0.39 is 17.1 Å². The molecule has 8 heteroatoms. The number of aromatic nitrogens is 2. The highest BCUT2D eigenvalue weighted by Gasteiger charge is 2.34. The number of anilines is 1. The molecule has 0 spiro atoms. The van der Waals surface area contributed by atoms with Crippen LogP contribution < -0.4 is 21.9 Å². The number of nitrogens with zero attached hydrogens (tertiary/aromatic N) is 3. The molecule has 1 aliphatic rings. The van der Waals surface area contributed by atoms with Crippen molar-refractivity contribution in [2.24, 2.45) is 11.1 Å². The molecule has 2 aromatic rings. The van der Waals surface area contributed by atoms with Crippen molar-refractivity contribution < 1.29 is 9.60 Å². The third kappa shape index (κ3) is 2.37. The minimum absolute atomic E-state index is 0.0201. The Morgan fingerprint density at radius 2 is 2.08 bits per heavy atom. The van der Waals surface area contributed by atoms with Crippen LogP contribution >= 0.6 is 0 Å². The maximum Gasteiger partial charge on any atom is 0.364 e. The fourth-order valence-corrected chi connectivity index (χ4v) is 3.31. The van der Waals surface area contributed by atoms with Gasteiger partial charge in [0.2, 0.25) is 0 Å². The number of nitrogens with two attached hydrogens (primary N) is 1. The van der Waals surface area contributed by atoms with Gasteiger partial charge in [0.15, 0.2) is 0 Å². The number of rotatable bonds is 3. The van der Waals surface area contributed by atoms with E-state index >= 15 is 0 Å². The minimum Gasteiger partial charge on any atom is -0.421 e. The van der Waals surface area contributed by atoms with Crippen molar-refractivity contribution in [1.29, 1.82) is 0 Å². The third-order valence-corrected chi connectivity index (χ3v) is 4.90. The van der Waals surface area contributed by atoms with Crippen molar-refractivity contribution in [3.05, 3.63) is 38.8 Å². The Morgan fingerprint density at radius 1 is 1.38 bits per heavy atom. The van der Waals surface area contributed by atoms with E-state index in [1.165, 1.54) is 10.6 Å². The third-order valence-electron chi connectivity index (χ3n) is 4.90. The number of aryl methyl sites for hydroxylation is 1. The van der Waals surface area contributed by atoms with Crippen molar-refractivity contribution in [1.82, 2.24) is 9.30 Å². The van der Waals surface area contributed by atoms with Crippen molar-refractivity contribution in [2.45, 2.75) is 26.8 Å². The van der Waals surface area contributed by atoms with E-state index in [9.17, 15) is 19.2 Å². The Morgan fingerprint density at radius 3 is 2.67 bits per heavy atom. The lowest BCUT2D eigenvalue weighted by molar-refractivity contribution is 0.157. The Labute approximate surface area is 137 Å². The molecule has 1 fully saturated rings. The van der Waals surface area contributed by atoms with Gasteiger partial charge in [0, 0.05) is 19.6 Å². The molecule has 0 saturated carbocycles. The van der Waals surface area contributed by atoms with Crippen LogP contribution in [-0.4, -0.2) is 34.1 Å². The summed E-state index contributed by atoms with van der Waals surface area (Å²) >= 11 is 0. The largest absolute Gasteiger partial charge is 0.421 e. The highest BCUT2D eigenvalue weighted by molar-refractivity contribution is 5.82. The molecule has 0 amide bonds. The number of halogens is 1. The van der Waals surface area contributed by atoms with Crippen LogP contribution in [-0.2, 0) is 6.54 Å². The van der Waals surface area contributed by atoms with E-state index in [-0.39, 0.29) is 22.1 Å². The summed E-state index contributed by atoms with van der Waals surface area (Å²) in [5, 5.41) is 9.59. The van der Waals surface area contributed by atoms with Gasteiger partial charge in [-0.2, -0.15) is 0 Å². The van der Waals surface area contributed by atoms with E-state index in [1.54, 1.807) is 6.92 Å². The monoisotopic (exact) mass is 336 g/mol. The first-order valence-corrected chi connectivity index (χ1v) is 7.94. The highest BCUT2D eigenvalue weighted by atomic mass is 19.1. The maximum atomic E-state index is 14.6. The van der Waals surface area contributed by atoms with Crippen LogP contribution in [0.5, 0.6) is 0 Å². The molecule has 1 atom stereocenters. The van der Waals surface area contributed by atoms with Crippen LogP contribution in [0.15, 0.2) is 21.7 Å². The quantitative estimate of drug-likeness (QED) is 0.806. The average molecular weight is 336 g/mol. The van der Waals surface area contributed by atoms with E-state index in [4.69, 9.17) is 5.73 Å². The van der Waals surface area contributed by atoms with Gasteiger partial charge in [-0.05, 0) is 37.4 Å². The highest BCUT2D eigenvalue weighted by Crippen LogP contribution is 2.34. The second-order valence-electron chi connectivity index (χ2n) is 6.65. The lowest BCUT2D eigenvalue weighted by atomic mass is 9.90. The van der Waals surface area contributed by atoms with Gasteiger partial charge in [-0.25, -0.2) is 9.18 Å². The molecule has 1 aliphatic heterocycles. The number of fused-ring (bicyclic) bond motifs is 1. The molecular formula is C16H21FN4O3. The predicted molar refractivity (Wildman–Crippen MR) is 89.3 cm³/mol. The zero-order valence-corrected chi connectivity index (χ0v) is 13.8. The Balaban J connectivity index is 2.22. The van der Waals surface area contributed by atoms with Gasteiger partial charge < -0.3 is 15.8 Å². The van der Waals surface area contributed by atoms with Crippen LogP contribution in [0.25, 0.3) is 10.9 Å². The van der Waals surface area contributed by atoms with Gasteiger partial charge in [-0.15, -0.1) is 0 Å². The molecule has 0 radical (unpaired) electrons. The number of hydrogen-bond acceptors (Lipinski definition) is 5. The smallest absolute Gasteiger partial charge is 0.364 e. The Kier molecular flexibility index (Phi) is 3.87. The first kappa shape index (κ1) is 16.5. The molecule has 1 aromatic carbocycles. The molecule has 1 unspecified atom stereocenters. The van der Waals surface area contributed by atoms with E-state index in [1.807, 2.05) is 4.90 Å². The van der Waals surface area contributed by atoms with Crippen molar-refractivity contribution >= 4 is 16.6 Å². The lowest BCUT2D eigenvalue weighted by Crippen LogP contribution is -2.38. The van der Waals surface area contributed by atoms with E-state index in [0.717, 1.165) is 12.5 Å². The standard InChI is InChI=1S/C16H21FN4O3/c1-3-20-12-7-13(19-5-4-16(2,8-18)9-19)11(17)6-10(12)14(22)21(24)15(20)23/h6-7,24H,3-5,8-9,18H2,1-2H3. The minimum atomic E-state index is -0.918. The number of hydrogen-bond donors (Lipinski definition) is 2. The van der Waals surface area contributed by atoms with Crippen molar-refractivity contribution in [3.63, 3.8) is 0 Å². The molecule has 24 heavy (non-hydrogen) atoms. The Hall–Kier alpha value is -2.35. The molecule has 1 aromatic heterocycles. The van der Waals surface area contributed by atoms with Crippen LogP contribution in [0.4, 0.5) is 10.1 Å². The molecule has 7 nitrogen and oxygen atoms in total. The molecule has 0 bridgehead atoms. The first-order chi connectivity index (χ1) is 11.3. The van der Waals surface area contributed by atoms with Crippen molar-refractivity contribution in [2.75, 3.05) is 24.5 Å². The summed E-state index contributed by atoms with van der Waals surface area (Å²) in [6.45, 7) is 5.80. The zero-order valence-electron chi connectivity index (χ0n) is 13.8. The number of benzene rings is 1. The summed E-state index contributed by atoms with van der Waals surface area (Å²) in [4.78, 5) is 26.0. The predicted octanol–water partition coefficient (Wildman–Crippen LogP) is 0.735. The molecular weight excluding hydrogens is 315 g/mol. The van der Waals surface area contributed by atoms with Gasteiger partial charge in [0.25, 0.3) is 5.56 Å². The van der Waals surface area contributed by atoms with Gasteiger partial charge in [-0.3, -0.25) is 9.36 Å². The summed E-state index contributed by atoms with van der Waals surface area (Å²) in [5.74, 6) is -0.554. The lowest BCUT2D eigenvalue weighted by Gasteiger charge is -2.24. The second-order valence-corrected chi connectivity index (χ2v) is 6.65. The molecule has 1 saturated heterocycles. The van der Waals surface area contributed by atoms with Crippen LogP contribution in [0, 0.1) is 11.2 Å². The fraction of sp³-hybridized carbons (Fsp3) is 0.500. The SMILES string of the molecule is CCn1c(=O)n(O)c(=O)c2cc(F)c(N3CCC(C)(CN)C3)cc21. The Bertz CT molecular complexity index is 920. The van der Waals surface area contributed by atoms with Gasteiger partial charge in [-0.1, -0.05) is 11.7 Å². The topological polar surface area (TPSA) is 93.5 Å². The molecule has 3 rings (SSSR count). The first-order valence-electron chi connectivity index (χ1n) is 7.94. The molecule has 3 N–H and O–H groups in total. The van der Waals surface area contributed by atoms with Crippen LogP contribution in [0.3, 0.4) is 0 Å². The molecule has 0 aliphatic carbocycles. The van der Waals surface area contributed by atoms with Crippen LogP contribution in [0.2, 0.25) is 0 Å². The average Bonchev–Trinajstić information content (AvgIpc) is 2.96. The van der Waals surface area contributed by atoms with Gasteiger partial charge in [0.05, 0.1) is 16.6 Å². The molecule has 2 heterocycles. The second kappa shape index (κ2) is 5.62. The van der Waals surface area contributed by atoms with Gasteiger partial charge >= 0.3 is 5.69 Å². The fourth-order valence-electron chi connectivity index (χ4n) is 3.31. The normalized spacial score (nSPS) is 20.9. The summed E-state index contributed by atoms with van der Waals surface area (Å²) in [6, 6.07) is 2.60.